The molecular formula is C14H19N5O2S. The second-order valence-corrected chi connectivity index (χ2v) is 6.79. The smallest absolute Gasteiger partial charge is 0.303 e. The Kier molecular flexibility index (Phi) is 4.49. The molecule has 8 heteroatoms. The molecule has 1 aliphatic rings. The number of carboxylic acid groups (broad SMARTS) is 1. The lowest BCUT2D eigenvalue weighted by Crippen LogP contribution is -2.24. The number of nitrogens with zero attached hydrogens (tertiary/aromatic N) is 4. The summed E-state index contributed by atoms with van der Waals surface area (Å²) in [4.78, 5) is 17.9. The first-order valence-corrected chi connectivity index (χ1v) is 8.20. The van der Waals surface area contributed by atoms with Gasteiger partial charge in [-0.1, -0.05) is 0 Å². The Labute approximate surface area is 132 Å². The molecule has 2 atom stereocenters. The van der Waals surface area contributed by atoms with Gasteiger partial charge in [-0.3, -0.25) is 4.79 Å². The number of aliphatic carboxylic acids is 1. The Morgan fingerprint density at radius 2 is 2.41 bits per heavy atom. The molecular weight excluding hydrogens is 302 g/mol. The van der Waals surface area contributed by atoms with Crippen LogP contribution in [-0.2, 0) is 11.2 Å². The van der Waals surface area contributed by atoms with Gasteiger partial charge in [0, 0.05) is 37.4 Å². The minimum absolute atomic E-state index is 0.0831. The van der Waals surface area contributed by atoms with Crippen LogP contribution < -0.4 is 0 Å². The maximum atomic E-state index is 11.1. The SMILES string of the molecule is Cc1nc(CCN2C[C@H](CC(=O)O)[C@H](c3cn[nH]n3)C2)cs1. The Morgan fingerprint density at radius 1 is 1.55 bits per heavy atom. The van der Waals surface area contributed by atoms with E-state index in [4.69, 9.17) is 5.11 Å². The molecule has 2 aromatic rings. The Bertz CT molecular complexity index is 627. The molecule has 3 heterocycles. The molecule has 118 valence electrons. The Hall–Kier alpha value is -1.80. The summed E-state index contributed by atoms with van der Waals surface area (Å²) < 4.78 is 0. The van der Waals surface area contributed by atoms with E-state index in [9.17, 15) is 4.79 Å². The summed E-state index contributed by atoms with van der Waals surface area (Å²) in [5.41, 5.74) is 1.97. The van der Waals surface area contributed by atoms with Crippen LogP contribution in [0.25, 0.3) is 0 Å². The highest BCUT2D eigenvalue weighted by molar-refractivity contribution is 7.09. The predicted molar refractivity (Wildman–Crippen MR) is 81.9 cm³/mol. The van der Waals surface area contributed by atoms with Crippen LogP contribution in [0.2, 0.25) is 0 Å². The van der Waals surface area contributed by atoms with Crippen molar-refractivity contribution in [3.8, 4) is 0 Å². The summed E-state index contributed by atoms with van der Waals surface area (Å²) in [6.45, 7) is 4.52. The highest BCUT2D eigenvalue weighted by Crippen LogP contribution is 2.33. The van der Waals surface area contributed by atoms with Gasteiger partial charge in [0.25, 0.3) is 0 Å². The number of aromatic nitrogens is 4. The van der Waals surface area contributed by atoms with Crippen LogP contribution >= 0.6 is 11.3 Å². The molecule has 22 heavy (non-hydrogen) atoms. The highest BCUT2D eigenvalue weighted by atomic mass is 32.1. The van der Waals surface area contributed by atoms with E-state index < -0.39 is 5.97 Å². The van der Waals surface area contributed by atoms with Crippen molar-refractivity contribution in [1.82, 2.24) is 25.3 Å². The van der Waals surface area contributed by atoms with Gasteiger partial charge in [0.15, 0.2) is 0 Å². The first kappa shape index (κ1) is 15.1. The standard InChI is InChI=1S/C14H19N5O2S/c1-9-16-11(8-22-9)2-3-19-6-10(4-14(20)21)12(7-19)13-5-15-18-17-13/h5,8,10,12H,2-4,6-7H2,1H3,(H,20,21)(H,15,17,18)/t10-,12+/m0/s1. The van der Waals surface area contributed by atoms with Gasteiger partial charge in [0.2, 0.25) is 0 Å². The number of nitrogens with one attached hydrogen (secondary N) is 1. The number of aromatic amines is 1. The summed E-state index contributed by atoms with van der Waals surface area (Å²) in [6, 6.07) is 0. The molecule has 0 saturated carbocycles. The Balaban J connectivity index is 1.63. The third-order valence-electron chi connectivity index (χ3n) is 4.12. The average Bonchev–Trinajstić information content (AvgIpc) is 3.16. The lowest BCUT2D eigenvalue weighted by molar-refractivity contribution is -0.138. The third kappa shape index (κ3) is 3.50. The molecule has 0 bridgehead atoms. The number of rotatable bonds is 6. The van der Waals surface area contributed by atoms with Crippen LogP contribution in [-0.4, -0.2) is 56.0 Å². The molecule has 3 rings (SSSR count). The van der Waals surface area contributed by atoms with Crippen LogP contribution in [0.1, 0.15) is 28.7 Å². The molecule has 7 nitrogen and oxygen atoms in total. The lowest BCUT2D eigenvalue weighted by Gasteiger charge is -2.14. The van der Waals surface area contributed by atoms with Crippen molar-refractivity contribution in [3.05, 3.63) is 28.0 Å². The van der Waals surface area contributed by atoms with Crippen LogP contribution in [0.5, 0.6) is 0 Å². The normalized spacial score (nSPS) is 22.2. The molecule has 0 radical (unpaired) electrons. The van der Waals surface area contributed by atoms with Crippen molar-refractivity contribution in [3.63, 3.8) is 0 Å². The highest BCUT2D eigenvalue weighted by Gasteiger charge is 2.36. The van der Waals surface area contributed by atoms with Gasteiger partial charge in [-0.2, -0.15) is 15.4 Å². The summed E-state index contributed by atoms with van der Waals surface area (Å²) in [5.74, 6) is -0.540. The van der Waals surface area contributed by atoms with Crippen LogP contribution in [0.4, 0.5) is 0 Å². The molecule has 1 fully saturated rings. The molecule has 0 aliphatic carbocycles. The first-order valence-electron chi connectivity index (χ1n) is 7.32. The third-order valence-corrected chi connectivity index (χ3v) is 4.94. The van der Waals surface area contributed by atoms with Gasteiger partial charge >= 0.3 is 5.97 Å². The fraction of sp³-hybridized carbons (Fsp3) is 0.571. The van der Waals surface area contributed by atoms with Crippen LogP contribution in [0.3, 0.4) is 0 Å². The number of aryl methyl sites for hydroxylation is 1. The number of H-pyrrole nitrogens is 1. The summed E-state index contributed by atoms with van der Waals surface area (Å²) in [5, 5.41) is 22.9. The number of thiazole rings is 1. The van der Waals surface area contributed by atoms with E-state index in [0.717, 1.165) is 42.5 Å². The van der Waals surface area contributed by atoms with Crippen molar-refractivity contribution in [2.45, 2.75) is 25.7 Å². The minimum atomic E-state index is -0.754. The fourth-order valence-corrected chi connectivity index (χ4v) is 3.74. The Morgan fingerprint density at radius 3 is 3.05 bits per heavy atom. The zero-order chi connectivity index (χ0) is 15.5. The van der Waals surface area contributed by atoms with E-state index in [1.54, 1.807) is 17.5 Å². The number of hydrogen-bond donors (Lipinski definition) is 2. The minimum Gasteiger partial charge on any atom is -0.481 e. The maximum absolute atomic E-state index is 11.1. The predicted octanol–water partition coefficient (Wildman–Crippen LogP) is 1.30. The van der Waals surface area contributed by atoms with Crippen molar-refractivity contribution in [2.75, 3.05) is 19.6 Å². The molecule has 0 amide bonds. The van der Waals surface area contributed by atoms with E-state index in [2.05, 4.69) is 30.7 Å². The van der Waals surface area contributed by atoms with Gasteiger partial charge < -0.3 is 10.0 Å². The zero-order valence-corrected chi connectivity index (χ0v) is 13.2. The van der Waals surface area contributed by atoms with Crippen molar-refractivity contribution in [1.29, 1.82) is 0 Å². The molecule has 0 unspecified atom stereocenters. The van der Waals surface area contributed by atoms with Crippen molar-refractivity contribution in [2.24, 2.45) is 5.92 Å². The van der Waals surface area contributed by atoms with Gasteiger partial charge in [-0.25, -0.2) is 4.98 Å². The van der Waals surface area contributed by atoms with E-state index in [1.807, 2.05) is 6.92 Å². The molecule has 2 N–H and O–H groups in total. The number of hydrogen-bond acceptors (Lipinski definition) is 6. The van der Waals surface area contributed by atoms with Crippen LogP contribution in [0.15, 0.2) is 11.6 Å². The van der Waals surface area contributed by atoms with Gasteiger partial charge in [-0.05, 0) is 12.8 Å². The lowest BCUT2D eigenvalue weighted by atomic mass is 9.91. The number of carboxylic acids is 1. The monoisotopic (exact) mass is 321 g/mol. The fourth-order valence-electron chi connectivity index (χ4n) is 3.09. The van der Waals surface area contributed by atoms with E-state index in [0.29, 0.717) is 0 Å². The molecule has 1 saturated heterocycles. The second-order valence-electron chi connectivity index (χ2n) is 5.73. The largest absolute Gasteiger partial charge is 0.481 e. The van der Waals surface area contributed by atoms with Gasteiger partial charge in [0.1, 0.15) is 0 Å². The molecule has 0 spiro atoms. The van der Waals surface area contributed by atoms with Crippen molar-refractivity contribution >= 4 is 17.3 Å². The first-order chi connectivity index (χ1) is 10.6. The van der Waals surface area contributed by atoms with Gasteiger partial charge in [-0.15, -0.1) is 11.3 Å². The van der Waals surface area contributed by atoms with Gasteiger partial charge in [0.05, 0.1) is 29.0 Å². The summed E-state index contributed by atoms with van der Waals surface area (Å²) in [6.07, 6.45) is 2.77. The molecule has 1 aliphatic heterocycles. The van der Waals surface area contributed by atoms with Crippen molar-refractivity contribution < 1.29 is 9.90 Å². The topological polar surface area (TPSA) is 95.0 Å². The number of carbonyl (C=O) groups is 1. The quantitative estimate of drug-likeness (QED) is 0.833. The zero-order valence-electron chi connectivity index (χ0n) is 12.4. The summed E-state index contributed by atoms with van der Waals surface area (Å²) >= 11 is 1.66. The second kappa shape index (κ2) is 6.53. The van der Waals surface area contributed by atoms with Crippen LogP contribution in [0, 0.1) is 12.8 Å². The molecule has 2 aromatic heterocycles. The number of likely N-dealkylation sites (tertiary alicyclic amines) is 1. The van der Waals surface area contributed by atoms with E-state index in [-0.39, 0.29) is 18.3 Å². The maximum Gasteiger partial charge on any atom is 0.303 e. The molecule has 0 aromatic carbocycles. The summed E-state index contributed by atoms with van der Waals surface area (Å²) in [7, 11) is 0. The van der Waals surface area contributed by atoms with E-state index >= 15 is 0 Å². The van der Waals surface area contributed by atoms with E-state index in [1.165, 1.54) is 0 Å². The average molecular weight is 321 g/mol.